The van der Waals surface area contributed by atoms with E-state index in [1.807, 2.05) is 11.5 Å². The van der Waals surface area contributed by atoms with E-state index in [4.69, 9.17) is 16.3 Å². The molecule has 2 aromatic rings. The van der Waals surface area contributed by atoms with Crippen molar-refractivity contribution < 1.29 is 4.74 Å². The lowest BCUT2D eigenvalue weighted by Gasteiger charge is -2.16. The summed E-state index contributed by atoms with van der Waals surface area (Å²) in [6, 6.07) is 0. The molecule has 0 fully saturated rings. The Morgan fingerprint density at radius 2 is 2.20 bits per heavy atom. The molecular weight excluding hydrogens is 278 g/mol. The predicted molar refractivity (Wildman–Crippen MR) is 79.3 cm³/mol. The molecule has 0 aliphatic heterocycles. The van der Waals surface area contributed by atoms with Gasteiger partial charge in [0.25, 0.3) is 0 Å². The van der Waals surface area contributed by atoms with Gasteiger partial charge in [-0.05, 0) is 20.5 Å². The predicted octanol–water partition coefficient (Wildman–Crippen LogP) is 2.09. The van der Waals surface area contributed by atoms with Gasteiger partial charge >= 0.3 is 0 Å². The monoisotopic (exact) mass is 297 g/mol. The van der Waals surface area contributed by atoms with Gasteiger partial charge in [0.1, 0.15) is 12.2 Å². The third-order valence-corrected chi connectivity index (χ3v) is 3.52. The normalized spacial score (nSPS) is 13.1. The third kappa shape index (κ3) is 2.86. The first-order chi connectivity index (χ1) is 9.58. The van der Waals surface area contributed by atoms with Crippen molar-refractivity contribution >= 4 is 22.8 Å². The van der Waals surface area contributed by atoms with Crippen molar-refractivity contribution in [3.8, 4) is 5.88 Å². The number of hydrogen-bond acceptors (Lipinski definition) is 5. The van der Waals surface area contributed by atoms with Crippen LogP contribution in [0, 0.1) is 0 Å². The van der Waals surface area contributed by atoms with Crippen LogP contribution in [0.25, 0.3) is 11.2 Å². The molecule has 0 radical (unpaired) electrons. The molecule has 0 aromatic carbocycles. The summed E-state index contributed by atoms with van der Waals surface area (Å²) in [5.74, 6) is 1.28. The van der Waals surface area contributed by atoms with Crippen LogP contribution in [0.1, 0.15) is 25.0 Å². The van der Waals surface area contributed by atoms with E-state index >= 15 is 0 Å². The van der Waals surface area contributed by atoms with Crippen molar-refractivity contribution in [1.82, 2.24) is 24.4 Å². The lowest BCUT2D eigenvalue weighted by Crippen LogP contribution is -2.23. The molecule has 1 unspecified atom stereocenters. The summed E-state index contributed by atoms with van der Waals surface area (Å²) in [6.07, 6.45) is 1.49. The summed E-state index contributed by atoms with van der Waals surface area (Å²) in [4.78, 5) is 15.2. The van der Waals surface area contributed by atoms with Crippen LogP contribution in [0.5, 0.6) is 5.88 Å². The van der Waals surface area contributed by atoms with Crippen LogP contribution in [0.15, 0.2) is 6.33 Å². The number of methoxy groups -OCH3 is 1. The van der Waals surface area contributed by atoms with Gasteiger partial charge in [-0.1, -0.05) is 6.92 Å². The SMILES string of the molecule is CCN(C)CCn1c(C(C)Cl)nc2c(OC)ncnc21. The van der Waals surface area contributed by atoms with Gasteiger partial charge in [-0.2, -0.15) is 4.98 Å². The molecule has 20 heavy (non-hydrogen) atoms. The number of fused-ring (bicyclic) bond motifs is 1. The van der Waals surface area contributed by atoms with Crippen LogP contribution in [-0.2, 0) is 6.54 Å². The molecule has 2 aromatic heterocycles. The summed E-state index contributed by atoms with van der Waals surface area (Å²) in [5.41, 5.74) is 1.43. The fourth-order valence-electron chi connectivity index (χ4n) is 2.04. The highest BCUT2D eigenvalue weighted by Crippen LogP contribution is 2.27. The van der Waals surface area contributed by atoms with E-state index < -0.39 is 0 Å². The van der Waals surface area contributed by atoms with Crippen molar-refractivity contribution in [2.45, 2.75) is 25.8 Å². The average Bonchev–Trinajstić information content (AvgIpc) is 2.83. The fourth-order valence-corrected chi connectivity index (χ4v) is 2.20. The van der Waals surface area contributed by atoms with Gasteiger partial charge in [0.15, 0.2) is 11.2 Å². The highest BCUT2D eigenvalue weighted by atomic mass is 35.5. The Bertz CT molecular complexity index is 583. The minimum Gasteiger partial charge on any atom is -0.479 e. The average molecular weight is 298 g/mol. The highest BCUT2D eigenvalue weighted by molar-refractivity contribution is 6.20. The topological polar surface area (TPSA) is 56.1 Å². The smallest absolute Gasteiger partial charge is 0.245 e. The van der Waals surface area contributed by atoms with Crippen LogP contribution >= 0.6 is 11.6 Å². The second-order valence-corrected chi connectivity index (χ2v) is 5.34. The Hall–Kier alpha value is -1.40. The number of halogens is 1. The van der Waals surface area contributed by atoms with E-state index in [1.165, 1.54) is 6.33 Å². The summed E-state index contributed by atoms with van der Waals surface area (Å²) < 4.78 is 7.29. The fraction of sp³-hybridized carbons (Fsp3) is 0.615. The lowest BCUT2D eigenvalue weighted by molar-refractivity contribution is 0.334. The zero-order chi connectivity index (χ0) is 14.7. The van der Waals surface area contributed by atoms with Gasteiger partial charge < -0.3 is 14.2 Å². The summed E-state index contributed by atoms with van der Waals surface area (Å²) in [7, 11) is 3.66. The van der Waals surface area contributed by atoms with Crippen molar-refractivity contribution in [1.29, 1.82) is 0 Å². The zero-order valence-electron chi connectivity index (χ0n) is 12.3. The summed E-state index contributed by atoms with van der Waals surface area (Å²) in [6.45, 7) is 6.72. The van der Waals surface area contributed by atoms with E-state index in [-0.39, 0.29) is 5.38 Å². The number of imidazole rings is 1. The maximum Gasteiger partial charge on any atom is 0.245 e. The second-order valence-electron chi connectivity index (χ2n) is 4.69. The molecule has 0 aliphatic rings. The molecule has 0 aliphatic carbocycles. The molecule has 6 nitrogen and oxygen atoms in total. The number of likely N-dealkylation sites (N-methyl/N-ethyl adjacent to an activating group) is 1. The molecule has 0 spiro atoms. The Morgan fingerprint density at radius 3 is 2.80 bits per heavy atom. The zero-order valence-corrected chi connectivity index (χ0v) is 13.1. The molecule has 2 rings (SSSR count). The van der Waals surface area contributed by atoms with E-state index in [0.29, 0.717) is 11.4 Å². The Kier molecular flexibility index (Phi) is 4.77. The third-order valence-electron chi connectivity index (χ3n) is 3.32. The Balaban J connectivity index is 2.46. The van der Waals surface area contributed by atoms with E-state index in [9.17, 15) is 0 Å². The van der Waals surface area contributed by atoms with Gasteiger partial charge in [-0.15, -0.1) is 11.6 Å². The number of rotatable bonds is 6. The van der Waals surface area contributed by atoms with Crippen molar-refractivity contribution in [3.63, 3.8) is 0 Å². The van der Waals surface area contributed by atoms with Crippen LogP contribution < -0.4 is 4.74 Å². The van der Waals surface area contributed by atoms with Gasteiger partial charge in [0.2, 0.25) is 5.88 Å². The molecule has 1 atom stereocenters. The quantitative estimate of drug-likeness (QED) is 0.764. The molecule has 0 N–H and O–H groups in total. The van der Waals surface area contributed by atoms with Gasteiger partial charge in [0, 0.05) is 13.1 Å². The Morgan fingerprint density at radius 1 is 1.45 bits per heavy atom. The summed E-state index contributed by atoms with van der Waals surface area (Å²) in [5, 5.41) is -0.194. The molecule has 7 heteroatoms. The molecular formula is C13H20ClN5O. The molecule has 0 amide bonds. The minimum atomic E-state index is -0.194. The van der Waals surface area contributed by atoms with E-state index in [0.717, 1.165) is 31.1 Å². The molecule has 0 bridgehead atoms. The van der Waals surface area contributed by atoms with Crippen molar-refractivity contribution in [2.75, 3.05) is 27.2 Å². The first-order valence-electron chi connectivity index (χ1n) is 6.66. The van der Waals surface area contributed by atoms with Crippen LogP contribution in [0.2, 0.25) is 0 Å². The van der Waals surface area contributed by atoms with Gasteiger partial charge in [-0.25, -0.2) is 9.97 Å². The standard InChI is InChI=1S/C13H20ClN5O/c1-5-18(3)6-7-19-11(9(2)14)17-10-12(19)15-8-16-13(10)20-4/h8-9H,5-7H2,1-4H3. The van der Waals surface area contributed by atoms with Crippen LogP contribution in [-0.4, -0.2) is 51.7 Å². The number of ether oxygens (including phenoxy) is 1. The Labute approximate surface area is 123 Å². The maximum atomic E-state index is 6.24. The number of alkyl halides is 1. The van der Waals surface area contributed by atoms with Crippen molar-refractivity contribution in [3.05, 3.63) is 12.2 Å². The van der Waals surface area contributed by atoms with Crippen molar-refractivity contribution in [2.24, 2.45) is 0 Å². The molecule has 0 saturated heterocycles. The van der Waals surface area contributed by atoms with Crippen LogP contribution in [0.4, 0.5) is 0 Å². The first-order valence-corrected chi connectivity index (χ1v) is 7.09. The lowest BCUT2D eigenvalue weighted by atomic mass is 10.4. The molecule has 2 heterocycles. The molecule has 0 saturated carbocycles. The second kappa shape index (κ2) is 6.37. The first kappa shape index (κ1) is 15.0. The van der Waals surface area contributed by atoms with Gasteiger partial charge in [-0.3, -0.25) is 0 Å². The van der Waals surface area contributed by atoms with Crippen LogP contribution in [0.3, 0.4) is 0 Å². The largest absolute Gasteiger partial charge is 0.479 e. The minimum absolute atomic E-state index is 0.194. The maximum absolute atomic E-state index is 6.24. The molecule has 110 valence electrons. The van der Waals surface area contributed by atoms with E-state index in [2.05, 4.69) is 33.8 Å². The highest BCUT2D eigenvalue weighted by Gasteiger charge is 2.19. The van der Waals surface area contributed by atoms with E-state index in [1.54, 1.807) is 7.11 Å². The summed E-state index contributed by atoms with van der Waals surface area (Å²) >= 11 is 6.24. The number of nitrogens with zero attached hydrogens (tertiary/aromatic N) is 5. The van der Waals surface area contributed by atoms with Gasteiger partial charge in [0.05, 0.1) is 12.5 Å². The number of aromatic nitrogens is 4. The number of hydrogen-bond donors (Lipinski definition) is 0.